The molecule has 13 heavy (non-hydrogen) atoms. The zero-order valence-electron chi connectivity index (χ0n) is 8.67. The smallest absolute Gasteiger partial charge is 0.0240 e. The molecule has 1 heteroatoms. The number of fused-ring (bicyclic) bond motifs is 1. The molecular weight excluding hydrogens is 158 g/mol. The second-order valence-corrected chi connectivity index (χ2v) is 4.31. The molecular formula is C12H17N. The fourth-order valence-electron chi connectivity index (χ4n) is 2.15. The van der Waals surface area contributed by atoms with Crippen molar-refractivity contribution in [1.29, 1.82) is 0 Å². The van der Waals surface area contributed by atoms with Gasteiger partial charge in [-0.15, -0.1) is 0 Å². The monoisotopic (exact) mass is 175 g/mol. The maximum absolute atomic E-state index is 2.37. The van der Waals surface area contributed by atoms with Gasteiger partial charge in [-0.1, -0.05) is 32.0 Å². The first-order valence-electron chi connectivity index (χ1n) is 4.97. The van der Waals surface area contributed by atoms with E-state index in [1.54, 1.807) is 5.56 Å². The predicted molar refractivity (Wildman–Crippen MR) is 55.7 cm³/mol. The van der Waals surface area contributed by atoms with E-state index in [1.165, 1.54) is 11.1 Å². The molecule has 0 amide bonds. The Hall–Kier alpha value is -0.820. The molecule has 1 heterocycles. The molecule has 0 aromatic heterocycles. The van der Waals surface area contributed by atoms with Gasteiger partial charge >= 0.3 is 0 Å². The Labute approximate surface area is 80.4 Å². The number of rotatable bonds is 1. The Morgan fingerprint density at radius 1 is 1.23 bits per heavy atom. The highest BCUT2D eigenvalue weighted by atomic mass is 15.1. The molecule has 0 radical (unpaired) electrons. The van der Waals surface area contributed by atoms with E-state index < -0.39 is 0 Å². The summed E-state index contributed by atoms with van der Waals surface area (Å²) in [6, 6.07) is 6.71. The molecule has 1 aliphatic heterocycles. The lowest BCUT2D eigenvalue weighted by Gasteiger charge is -2.11. The first-order chi connectivity index (χ1) is 6.18. The van der Waals surface area contributed by atoms with Gasteiger partial charge in [-0.2, -0.15) is 0 Å². The predicted octanol–water partition coefficient (Wildman–Crippen LogP) is 2.76. The second-order valence-electron chi connectivity index (χ2n) is 4.31. The Bertz CT molecular complexity index is 315. The van der Waals surface area contributed by atoms with Crippen LogP contribution in [0.1, 0.15) is 36.5 Å². The highest BCUT2D eigenvalue weighted by molar-refractivity contribution is 5.39. The van der Waals surface area contributed by atoms with Crippen molar-refractivity contribution in [2.45, 2.75) is 32.9 Å². The fraction of sp³-hybridized carbons (Fsp3) is 0.500. The van der Waals surface area contributed by atoms with Gasteiger partial charge in [-0.05, 0) is 29.7 Å². The lowest BCUT2D eigenvalue weighted by atomic mass is 9.95. The molecule has 0 N–H and O–H groups in total. The van der Waals surface area contributed by atoms with Gasteiger partial charge < -0.3 is 0 Å². The Morgan fingerprint density at radius 2 is 2.00 bits per heavy atom. The van der Waals surface area contributed by atoms with Gasteiger partial charge in [0.1, 0.15) is 0 Å². The average Bonchev–Trinajstić information content (AvgIpc) is 2.43. The maximum Gasteiger partial charge on any atom is 0.0240 e. The first-order valence-corrected chi connectivity index (χ1v) is 4.97. The van der Waals surface area contributed by atoms with Crippen molar-refractivity contribution in [1.82, 2.24) is 4.90 Å². The van der Waals surface area contributed by atoms with Crippen molar-refractivity contribution in [3.63, 3.8) is 0 Å². The van der Waals surface area contributed by atoms with Gasteiger partial charge in [0.2, 0.25) is 0 Å². The van der Waals surface area contributed by atoms with Gasteiger partial charge in [0, 0.05) is 13.1 Å². The topological polar surface area (TPSA) is 3.24 Å². The van der Waals surface area contributed by atoms with E-state index in [2.05, 4.69) is 44.0 Å². The third kappa shape index (κ3) is 1.49. The molecule has 1 aliphatic rings. The van der Waals surface area contributed by atoms with Crippen LogP contribution in [0, 0.1) is 0 Å². The van der Waals surface area contributed by atoms with Crippen LogP contribution in [0.3, 0.4) is 0 Å². The second kappa shape index (κ2) is 3.15. The van der Waals surface area contributed by atoms with E-state index in [9.17, 15) is 0 Å². The molecule has 0 atom stereocenters. The minimum absolute atomic E-state index is 0.654. The van der Waals surface area contributed by atoms with E-state index in [0.29, 0.717) is 5.92 Å². The average molecular weight is 175 g/mol. The van der Waals surface area contributed by atoms with Crippen LogP contribution in [-0.2, 0) is 13.1 Å². The van der Waals surface area contributed by atoms with Crippen LogP contribution < -0.4 is 0 Å². The lowest BCUT2D eigenvalue weighted by molar-refractivity contribution is 0.352. The Kier molecular flexibility index (Phi) is 2.12. The highest BCUT2D eigenvalue weighted by Gasteiger charge is 2.19. The molecule has 0 spiro atoms. The molecule has 0 aliphatic carbocycles. The first kappa shape index (κ1) is 8.76. The molecule has 0 bridgehead atoms. The summed E-state index contributed by atoms with van der Waals surface area (Å²) in [7, 11) is 2.18. The Morgan fingerprint density at radius 3 is 2.69 bits per heavy atom. The molecule has 0 unspecified atom stereocenters. The molecule has 1 aromatic carbocycles. The van der Waals surface area contributed by atoms with E-state index in [0.717, 1.165) is 13.1 Å². The largest absolute Gasteiger partial charge is 0.298 e. The number of nitrogens with zero attached hydrogens (tertiary/aromatic N) is 1. The quantitative estimate of drug-likeness (QED) is 0.634. The summed E-state index contributed by atoms with van der Waals surface area (Å²) in [5, 5.41) is 0. The number of hydrogen-bond acceptors (Lipinski definition) is 1. The molecule has 2 rings (SSSR count). The Balaban J connectivity index is 2.45. The van der Waals surface area contributed by atoms with Crippen LogP contribution in [0.5, 0.6) is 0 Å². The SMILES string of the molecule is CC(C)c1cccc2c1CN(C)C2. The summed E-state index contributed by atoms with van der Waals surface area (Å²) in [6.45, 7) is 6.79. The molecule has 70 valence electrons. The lowest BCUT2D eigenvalue weighted by Crippen LogP contribution is -2.08. The summed E-state index contributed by atoms with van der Waals surface area (Å²) in [5.74, 6) is 0.654. The van der Waals surface area contributed by atoms with Crippen molar-refractivity contribution in [2.24, 2.45) is 0 Å². The summed E-state index contributed by atoms with van der Waals surface area (Å²) in [6.07, 6.45) is 0. The van der Waals surface area contributed by atoms with E-state index in [-0.39, 0.29) is 0 Å². The van der Waals surface area contributed by atoms with Gasteiger partial charge in [0.25, 0.3) is 0 Å². The summed E-state index contributed by atoms with van der Waals surface area (Å²) in [4.78, 5) is 2.37. The normalized spacial score (nSPS) is 16.6. The van der Waals surface area contributed by atoms with E-state index in [1.807, 2.05) is 0 Å². The van der Waals surface area contributed by atoms with Crippen LogP contribution in [0.4, 0.5) is 0 Å². The van der Waals surface area contributed by atoms with Crippen molar-refractivity contribution in [3.8, 4) is 0 Å². The minimum Gasteiger partial charge on any atom is -0.298 e. The third-order valence-corrected chi connectivity index (χ3v) is 2.80. The molecule has 1 aromatic rings. The summed E-state index contributed by atoms with van der Waals surface area (Å²) < 4.78 is 0. The van der Waals surface area contributed by atoms with Crippen molar-refractivity contribution in [2.75, 3.05) is 7.05 Å². The van der Waals surface area contributed by atoms with Crippen molar-refractivity contribution < 1.29 is 0 Å². The van der Waals surface area contributed by atoms with Gasteiger partial charge in [-0.25, -0.2) is 0 Å². The van der Waals surface area contributed by atoms with Crippen LogP contribution >= 0.6 is 0 Å². The third-order valence-electron chi connectivity index (χ3n) is 2.80. The van der Waals surface area contributed by atoms with Gasteiger partial charge in [-0.3, -0.25) is 4.90 Å². The fourth-order valence-corrected chi connectivity index (χ4v) is 2.15. The molecule has 1 nitrogen and oxygen atoms in total. The zero-order valence-corrected chi connectivity index (χ0v) is 8.67. The number of benzene rings is 1. The standard InChI is InChI=1S/C12H17N/c1-9(2)11-6-4-5-10-7-13(3)8-12(10)11/h4-6,9H,7-8H2,1-3H3. The van der Waals surface area contributed by atoms with Gasteiger partial charge in [0.15, 0.2) is 0 Å². The summed E-state index contributed by atoms with van der Waals surface area (Å²) >= 11 is 0. The molecule has 0 saturated carbocycles. The highest BCUT2D eigenvalue weighted by Crippen LogP contribution is 2.28. The van der Waals surface area contributed by atoms with Crippen molar-refractivity contribution >= 4 is 0 Å². The zero-order chi connectivity index (χ0) is 9.42. The van der Waals surface area contributed by atoms with Crippen LogP contribution in [0.15, 0.2) is 18.2 Å². The van der Waals surface area contributed by atoms with Crippen molar-refractivity contribution in [3.05, 3.63) is 34.9 Å². The van der Waals surface area contributed by atoms with Crippen LogP contribution in [0.25, 0.3) is 0 Å². The van der Waals surface area contributed by atoms with E-state index in [4.69, 9.17) is 0 Å². The number of hydrogen-bond donors (Lipinski definition) is 0. The van der Waals surface area contributed by atoms with Crippen LogP contribution in [0.2, 0.25) is 0 Å². The maximum atomic E-state index is 2.37. The minimum atomic E-state index is 0.654. The van der Waals surface area contributed by atoms with Crippen LogP contribution in [-0.4, -0.2) is 11.9 Å². The van der Waals surface area contributed by atoms with E-state index >= 15 is 0 Å². The molecule has 0 saturated heterocycles. The van der Waals surface area contributed by atoms with Gasteiger partial charge in [0.05, 0.1) is 0 Å². The summed E-state index contributed by atoms with van der Waals surface area (Å²) in [5.41, 5.74) is 4.62. The molecule has 0 fully saturated rings.